The van der Waals surface area contributed by atoms with E-state index in [-0.39, 0.29) is 17.7 Å². The molecule has 4 heterocycles. The number of aromatic nitrogens is 4. The van der Waals surface area contributed by atoms with Gasteiger partial charge in [0.05, 0.1) is 11.3 Å². The zero-order chi connectivity index (χ0) is 22.1. The SMILES string of the molecule is Cc1cc2nnc(SCC(=O)N3CCC(C(=O)Nc4nccs4)CC3)n2c2ccccc12. The number of carbonyl (C=O) groups excluding carboxylic acids is 2. The summed E-state index contributed by atoms with van der Waals surface area (Å²) >= 11 is 2.81. The fraction of sp³-hybridized carbons (Fsp3) is 0.318. The van der Waals surface area contributed by atoms with Crippen LogP contribution < -0.4 is 5.32 Å². The van der Waals surface area contributed by atoms with Gasteiger partial charge in [-0.3, -0.25) is 14.0 Å². The number of piperidine rings is 1. The lowest BCUT2D eigenvalue weighted by molar-refractivity contribution is -0.132. The number of thiazole rings is 1. The number of benzene rings is 1. The van der Waals surface area contributed by atoms with Gasteiger partial charge in [-0.2, -0.15) is 0 Å². The highest BCUT2D eigenvalue weighted by Crippen LogP contribution is 2.27. The molecule has 1 fully saturated rings. The van der Waals surface area contributed by atoms with E-state index in [0.29, 0.717) is 42.0 Å². The van der Waals surface area contributed by atoms with Crippen molar-refractivity contribution in [3.05, 3.63) is 47.5 Å². The van der Waals surface area contributed by atoms with Crippen molar-refractivity contribution in [3.8, 4) is 0 Å². The number of para-hydroxylation sites is 1. The molecule has 1 aromatic carbocycles. The first-order chi connectivity index (χ1) is 15.6. The van der Waals surface area contributed by atoms with Crippen molar-refractivity contribution in [1.29, 1.82) is 0 Å². The molecule has 8 nitrogen and oxygen atoms in total. The minimum atomic E-state index is -0.0920. The van der Waals surface area contributed by atoms with Crippen molar-refractivity contribution >= 4 is 56.6 Å². The molecule has 3 aromatic heterocycles. The molecule has 0 radical (unpaired) electrons. The van der Waals surface area contributed by atoms with Crippen LogP contribution in [0.5, 0.6) is 0 Å². The number of fused-ring (bicyclic) bond motifs is 3. The Morgan fingerprint density at radius 2 is 2.03 bits per heavy atom. The van der Waals surface area contributed by atoms with Crippen LogP contribution in [0.15, 0.2) is 47.1 Å². The number of nitrogens with zero attached hydrogens (tertiary/aromatic N) is 5. The summed E-state index contributed by atoms with van der Waals surface area (Å²) in [6.45, 7) is 3.23. The van der Waals surface area contributed by atoms with E-state index in [1.807, 2.05) is 38.9 Å². The molecule has 164 valence electrons. The number of thioether (sulfide) groups is 1. The fourth-order valence-electron chi connectivity index (χ4n) is 4.07. The van der Waals surface area contributed by atoms with Crippen LogP contribution in [-0.2, 0) is 9.59 Å². The highest BCUT2D eigenvalue weighted by molar-refractivity contribution is 7.99. The number of hydrogen-bond donors (Lipinski definition) is 1. The summed E-state index contributed by atoms with van der Waals surface area (Å²) in [5.41, 5.74) is 2.97. The van der Waals surface area contributed by atoms with Gasteiger partial charge in [-0.25, -0.2) is 4.98 Å². The van der Waals surface area contributed by atoms with Gasteiger partial charge in [0.25, 0.3) is 0 Å². The van der Waals surface area contributed by atoms with E-state index in [1.54, 1.807) is 6.20 Å². The van der Waals surface area contributed by atoms with Crippen LogP contribution in [0.4, 0.5) is 5.13 Å². The smallest absolute Gasteiger partial charge is 0.233 e. The number of pyridine rings is 1. The molecule has 1 aliphatic heterocycles. The number of likely N-dealkylation sites (tertiary alicyclic amines) is 1. The topological polar surface area (TPSA) is 92.5 Å². The van der Waals surface area contributed by atoms with Crippen LogP contribution in [0.3, 0.4) is 0 Å². The minimum Gasteiger partial charge on any atom is -0.342 e. The Hall–Kier alpha value is -2.98. The molecule has 4 aromatic rings. The quantitative estimate of drug-likeness (QED) is 0.452. The molecule has 10 heteroatoms. The van der Waals surface area contributed by atoms with Crippen molar-refractivity contribution in [1.82, 2.24) is 24.5 Å². The molecule has 32 heavy (non-hydrogen) atoms. The largest absolute Gasteiger partial charge is 0.342 e. The van der Waals surface area contributed by atoms with Gasteiger partial charge < -0.3 is 10.2 Å². The van der Waals surface area contributed by atoms with Crippen molar-refractivity contribution in [2.75, 3.05) is 24.2 Å². The van der Waals surface area contributed by atoms with Gasteiger partial charge in [-0.15, -0.1) is 21.5 Å². The number of anilines is 1. The standard InChI is InChI=1S/C22H22N6O2S2/c1-14-12-18-25-26-22(28(18)17-5-3-2-4-16(14)17)32-13-19(29)27-9-6-15(7-10-27)20(30)24-21-23-8-11-31-21/h2-5,8,11-12,15H,6-7,9-10,13H2,1H3,(H,23,24,30). The molecule has 0 aliphatic carbocycles. The average molecular weight is 467 g/mol. The first-order valence-electron chi connectivity index (χ1n) is 10.4. The summed E-state index contributed by atoms with van der Waals surface area (Å²) in [4.78, 5) is 31.2. The first kappa shape index (κ1) is 20.9. The monoisotopic (exact) mass is 466 g/mol. The van der Waals surface area contributed by atoms with Crippen molar-refractivity contribution in [2.24, 2.45) is 5.92 Å². The van der Waals surface area contributed by atoms with E-state index in [0.717, 1.165) is 22.1 Å². The van der Waals surface area contributed by atoms with E-state index < -0.39 is 0 Å². The zero-order valence-corrected chi connectivity index (χ0v) is 19.2. The van der Waals surface area contributed by atoms with E-state index in [2.05, 4.69) is 33.5 Å². The lowest BCUT2D eigenvalue weighted by atomic mass is 9.96. The highest BCUT2D eigenvalue weighted by atomic mass is 32.2. The van der Waals surface area contributed by atoms with Gasteiger partial charge in [0.1, 0.15) is 0 Å². The fourth-order valence-corrected chi connectivity index (χ4v) is 5.46. The summed E-state index contributed by atoms with van der Waals surface area (Å²) in [5, 5.41) is 15.8. The van der Waals surface area contributed by atoms with Crippen molar-refractivity contribution in [2.45, 2.75) is 24.9 Å². The number of carbonyl (C=O) groups is 2. The van der Waals surface area contributed by atoms with Gasteiger partial charge in [-0.1, -0.05) is 30.0 Å². The van der Waals surface area contributed by atoms with E-state index >= 15 is 0 Å². The number of rotatable bonds is 5. The third-order valence-electron chi connectivity index (χ3n) is 5.78. The second kappa shape index (κ2) is 8.87. The molecule has 0 unspecified atom stereocenters. The summed E-state index contributed by atoms with van der Waals surface area (Å²) in [6.07, 6.45) is 2.98. The Morgan fingerprint density at radius 3 is 2.81 bits per heavy atom. The lowest BCUT2D eigenvalue weighted by Crippen LogP contribution is -2.42. The summed E-state index contributed by atoms with van der Waals surface area (Å²) in [7, 11) is 0. The first-order valence-corrected chi connectivity index (χ1v) is 12.3. The Morgan fingerprint density at radius 1 is 1.22 bits per heavy atom. The van der Waals surface area contributed by atoms with Gasteiger partial charge in [0.2, 0.25) is 11.8 Å². The third-order valence-corrected chi connectivity index (χ3v) is 7.38. The zero-order valence-electron chi connectivity index (χ0n) is 17.5. The van der Waals surface area contributed by atoms with Crippen LogP contribution >= 0.6 is 23.1 Å². The Labute approximate surface area is 193 Å². The van der Waals surface area contributed by atoms with Crippen molar-refractivity contribution < 1.29 is 9.59 Å². The molecular formula is C22H22N6O2S2. The Balaban J connectivity index is 1.21. The van der Waals surface area contributed by atoms with Crippen LogP contribution in [0.25, 0.3) is 16.6 Å². The van der Waals surface area contributed by atoms with Crippen LogP contribution in [0.1, 0.15) is 18.4 Å². The summed E-state index contributed by atoms with van der Waals surface area (Å²) in [6, 6.07) is 10.2. The van der Waals surface area contributed by atoms with E-state index in [1.165, 1.54) is 23.1 Å². The molecule has 2 amide bonds. The molecule has 5 rings (SSSR count). The predicted octanol–water partition coefficient (Wildman–Crippen LogP) is 3.62. The molecule has 0 atom stereocenters. The van der Waals surface area contributed by atoms with E-state index in [4.69, 9.17) is 0 Å². The van der Waals surface area contributed by atoms with Gasteiger partial charge in [-0.05, 0) is 37.5 Å². The van der Waals surface area contributed by atoms with Gasteiger partial charge in [0, 0.05) is 36.0 Å². The maximum atomic E-state index is 12.8. The molecule has 0 spiro atoms. The van der Waals surface area contributed by atoms with Gasteiger partial charge in [0.15, 0.2) is 15.9 Å². The number of nitrogens with one attached hydrogen (secondary N) is 1. The highest BCUT2D eigenvalue weighted by Gasteiger charge is 2.28. The number of amides is 2. The summed E-state index contributed by atoms with van der Waals surface area (Å²) in [5.74, 6) is 0.241. The average Bonchev–Trinajstić information content (AvgIpc) is 3.47. The Bertz CT molecular complexity index is 1280. The molecule has 0 saturated carbocycles. The molecular weight excluding hydrogens is 444 g/mol. The van der Waals surface area contributed by atoms with Crippen LogP contribution in [0, 0.1) is 12.8 Å². The number of aryl methyl sites for hydroxylation is 1. The van der Waals surface area contributed by atoms with Crippen LogP contribution in [0.2, 0.25) is 0 Å². The second-order valence-corrected chi connectivity index (χ2v) is 9.63. The maximum Gasteiger partial charge on any atom is 0.233 e. The van der Waals surface area contributed by atoms with Crippen molar-refractivity contribution in [3.63, 3.8) is 0 Å². The maximum absolute atomic E-state index is 12.8. The second-order valence-electron chi connectivity index (χ2n) is 7.79. The van der Waals surface area contributed by atoms with E-state index in [9.17, 15) is 9.59 Å². The summed E-state index contributed by atoms with van der Waals surface area (Å²) < 4.78 is 2.01. The third kappa shape index (κ3) is 4.07. The normalized spacial score (nSPS) is 14.8. The molecule has 1 N–H and O–H groups in total. The lowest BCUT2D eigenvalue weighted by Gasteiger charge is -2.31. The minimum absolute atomic E-state index is 0.0153. The van der Waals surface area contributed by atoms with Gasteiger partial charge >= 0.3 is 0 Å². The number of hydrogen-bond acceptors (Lipinski definition) is 7. The predicted molar refractivity (Wildman–Crippen MR) is 126 cm³/mol. The molecule has 0 bridgehead atoms. The van der Waals surface area contributed by atoms with Crippen LogP contribution in [-0.4, -0.2) is 55.1 Å². The molecule has 1 aliphatic rings. The molecule has 1 saturated heterocycles. The Kier molecular flexibility index (Phi) is 5.79.